The van der Waals surface area contributed by atoms with Gasteiger partial charge in [0.25, 0.3) is 11.1 Å². The van der Waals surface area contributed by atoms with E-state index < -0.39 is 11.2 Å². The van der Waals surface area contributed by atoms with Gasteiger partial charge in [0, 0.05) is 24.2 Å². The highest BCUT2D eigenvalue weighted by molar-refractivity contribution is 5.75. The van der Waals surface area contributed by atoms with E-state index >= 15 is 0 Å². The van der Waals surface area contributed by atoms with Gasteiger partial charge in [-0.3, -0.25) is 19.5 Å². The van der Waals surface area contributed by atoms with Crippen LogP contribution in [0.25, 0.3) is 16.9 Å². The average molecular weight is 517 g/mol. The molecule has 4 bridgehead atoms. The van der Waals surface area contributed by atoms with E-state index in [1.54, 1.807) is 0 Å². The summed E-state index contributed by atoms with van der Waals surface area (Å²) in [7, 11) is 0. The van der Waals surface area contributed by atoms with Crippen LogP contribution in [0.2, 0.25) is 0 Å². The van der Waals surface area contributed by atoms with E-state index in [-0.39, 0.29) is 23.1 Å². The molecule has 4 unspecified atom stereocenters. The van der Waals surface area contributed by atoms with Gasteiger partial charge in [0.1, 0.15) is 5.69 Å². The Balaban J connectivity index is 1.29. The number of hydrogen-bond acceptors (Lipinski definition) is 6. The monoisotopic (exact) mass is 516 g/mol. The van der Waals surface area contributed by atoms with Gasteiger partial charge in [0.15, 0.2) is 0 Å². The molecule has 2 aliphatic heterocycles. The first kappa shape index (κ1) is 24.0. The van der Waals surface area contributed by atoms with E-state index in [0.717, 1.165) is 34.9 Å². The number of fused-ring (bicyclic) bond motifs is 5. The van der Waals surface area contributed by atoms with Crippen LogP contribution in [0.4, 0.5) is 0 Å². The maximum absolute atomic E-state index is 14.1. The van der Waals surface area contributed by atoms with E-state index in [9.17, 15) is 14.4 Å². The molecule has 4 heterocycles. The lowest BCUT2D eigenvalue weighted by molar-refractivity contribution is -0.0485. The maximum Gasteiger partial charge on any atom is 0.351 e. The van der Waals surface area contributed by atoms with Gasteiger partial charge in [-0.05, 0) is 75.8 Å². The van der Waals surface area contributed by atoms with Crippen molar-refractivity contribution >= 4 is 11.0 Å². The molecular weight excluding hydrogens is 480 g/mol. The first-order chi connectivity index (χ1) is 18.5. The molecule has 2 saturated carbocycles. The molecule has 2 aromatic heterocycles. The molecule has 4 atom stereocenters. The van der Waals surface area contributed by atoms with Crippen molar-refractivity contribution in [2.45, 2.75) is 102 Å². The lowest BCUT2D eigenvalue weighted by atomic mass is 9.68. The van der Waals surface area contributed by atoms with Crippen molar-refractivity contribution in [2.24, 2.45) is 11.8 Å². The van der Waals surface area contributed by atoms with Crippen molar-refractivity contribution in [3.05, 3.63) is 61.2 Å². The standard InChI is InChI=1S/C29H36N6O3/c1-17-27(36)31-29(38)35(32-17)26-28(37)34(25-11-3-2-10-24(25)30-26)23-15-20-8-5-9-21(16-23)33(20)22-13-18-6-4-7-19(12-18)14-22/h2-3,10-11,18-23H,4-9,12-16H2,1H3,(H,31,36,38). The number of piperidine rings is 2. The van der Waals surface area contributed by atoms with Gasteiger partial charge in [-0.1, -0.05) is 37.8 Å². The Labute approximate surface area is 220 Å². The molecular formula is C29H36N6O3. The predicted molar refractivity (Wildman–Crippen MR) is 145 cm³/mol. The molecule has 7 rings (SSSR count). The molecule has 4 fully saturated rings. The number of aryl methyl sites for hydroxylation is 1. The molecule has 1 aromatic carbocycles. The van der Waals surface area contributed by atoms with Gasteiger partial charge in [-0.15, -0.1) is 0 Å². The molecule has 0 spiro atoms. The fourth-order valence-electron chi connectivity index (χ4n) is 8.40. The smallest absolute Gasteiger partial charge is 0.300 e. The van der Waals surface area contributed by atoms with Crippen molar-refractivity contribution in [1.82, 2.24) is 29.2 Å². The summed E-state index contributed by atoms with van der Waals surface area (Å²) in [5.74, 6) is 1.74. The highest BCUT2D eigenvalue weighted by Gasteiger charge is 2.45. The van der Waals surface area contributed by atoms with Crippen LogP contribution in [0.5, 0.6) is 0 Å². The van der Waals surface area contributed by atoms with Crippen LogP contribution in [0, 0.1) is 18.8 Å². The Morgan fingerprint density at radius 2 is 1.50 bits per heavy atom. The number of H-pyrrole nitrogens is 1. The Bertz CT molecular complexity index is 1530. The van der Waals surface area contributed by atoms with Crippen LogP contribution < -0.4 is 16.8 Å². The zero-order valence-corrected chi connectivity index (χ0v) is 22.0. The molecule has 0 amide bonds. The number of para-hydroxylation sites is 2. The van der Waals surface area contributed by atoms with E-state index in [1.807, 2.05) is 28.8 Å². The summed E-state index contributed by atoms with van der Waals surface area (Å²) in [4.78, 5) is 48.4. The molecule has 2 aliphatic carbocycles. The number of hydrogen-bond donors (Lipinski definition) is 1. The van der Waals surface area contributed by atoms with Crippen molar-refractivity contribution in [3.8, 4) is 5.82 Å². The van der Waals surface area contributed by atoms with E-state index in [0.29, 0.717) is 23.6 Å². The Morgan fingerprint density at radius 1 is 0.816 bits per heavy atom. The third kappa shape index (κ3) is 3.97. The van der Waals surface area contributed by atoms with Crippen LogP contribution in [-0.4, -0.2) is 47.3 Å². The third-order valence-corrected chi connectivity index (χ3v) is 9.87. The Kier molecular flexibility index (Phi) is 5.87. The molecule has 4 aliphatic rings. The summed E-state index contributed by atoms with van der Waals surface area (Å²) in [6.45, 7) is 1.52. The van der Waals surface area contributed by atoms with Gasteiger partial charge in [-0.25, -0.2) is 9.78 Å². The van der Waals surface area contributed by atoms with Gasteiger partial charge in [0.2, 0.25) is 5.82 Å². The number of aromatic nitrogens is 5. The first-order valence-corrected chi connectivity index (χ1v) is 14.5. The molecule has 0 radical (unpaired) electrons. The second kappa shape index (κ2) is 9.29. The highest BCUT2D eigenvalue weighted by atomic mass is 16.2. The van der Waals surface area contributed by atoms with Crippen molar-refractivity contribution in [2.75, 3.05) is 0 Å². The summed E-state index contributed by atoms with van der Waals surface area (Å²) in [5, 5.41) is 4.13. The molecule has 2 saturated heterocycles. The normalized spacial score (nSPS) is 31.4. The summed E-state index contributed by atoms with van der Waals surface area (Å²) < 4.78 is 2.84. The average Bonchev–Trinajstić information content (AvgIpc) is 2.89. The third-order valence-electron chi connectivity index (χ3n) is 9.87. The molecule has 200 valence electrons. The minimum absolute atomic E-state index is 0.0309. The van der Waals surface area contributed by atoms with Crippen LogP contribution >= 0.6 is 0 Å². The number of rotatable bonds is 3. The summed E-state index contributed by atoms with van der Waals surface area (Å²) in [6, 6.07) is 9.32. The largest absolute Gasteiger partial charge is 0.351 e. The van der Waals surface area contributed by atoms with E-state index in [1.165, 1.54) is 64.7 Å². The molecule has 9 heteroatoms. The summed E-state index contributed by atoms with van der Waals surface area (Å²) in [6.07, 6.45) is 13.8. The van der Waals surface area contributed by atoms with Gasteiger partial charge < -0.3 is 4.57 Å². The summed E-state index contributed by atoms with van der Waals surface area (Å²) in [5.41, 5.74) is -0.0773. The zero-order chi connectivity index (χ0) is 26.0. The second-order valence-electron chi connectivity index (χ2n) is 12.2. The quantitative estimate of drug-likeness (QED) is 0.572. The summed E-state index contributed by atoms with van der Waals surface area (Å²) >= 11 is 0. The first-order valence-electron chi connectivity index (χ1n) is 14.5. The zero-order valence-electron chi connectivity index (χ0n) is 22.0. The fourth-order valence-corrected chi connectivity index (χ4v) is 8.40. The Morgan fingerprint density at radius 3 is 2.24 bits per heavy atom. The lowest BCUT2D eigenvalue weighted by Gasteiger charge is -2.55. The van der Waals surface area contributed by atoms with Crippen LogP contribution in [-0.2, 0) is 0 Å². The minimum Gasteiger partial charge on any atom is -0.300 e. The van der Waals surface area contributed by atoms with Crippen LogP contribution in [0.3, 0.4) is 0 Å². The van der Waals surface area contributed by atoms with Gasteiger partial charge >= 0.3 is 5.69 Å². The molecule has 38 heavy (non-hydrogen) atoms. The predicted octanol–water partition coefficient (Wildman–Crippen LogP) is 3.47. The molecule has 1 N–H and O–H groups in total. The SMILES string of the molecule is Cc1nn(-c2nc3ccccc3n(C3CC4CCCC(C3)N4C3CC4CCCC(C4)C3)c2=O)c(=O)[nH]c1=O. The van der Waals surface area contributed by atoms with Crippen molar-refractivity contribution in [1.29, 1.82) is 0 Å². The van der Waals surface area contributed by atoms with E-state index in [2.05, 4.69) is 20.0 Å². The topological polar surface area (TPSA) is 106 Å². The lowest BCUT2D eigenvalue weighted by Crippen LogP contribution is -2.58. The highest BCUT2D eigenvalue weighted by Crippen LogP contribution is 2.47. The molecule has 9 nitrogen and oxygen atoms in total. The van der Waals surface area contributed by atoms with Crippen LogP contribution in [0.15, 0.2) is 38.6 Å². The number of aromatic amines is 1. The Hall–Kier alpha value is -3.07. The maximum atomic E-state index is 14.1. The van der Waals surface area contributed by atoms with Crippen molar-refractivity contribution < 1.29 is 0 Å². The number of nitrogens with zero attached hydrogens (tertiary/aromatic N) is 5. The van der Waals surface area contributed by atoms with Gasteiger partial charge in [0.05, 0.1) is 11.0 Å². The van der Waals surface area contributed by atoms with Crippen molar-refractivity contribution in [3.63, 3.8) is 0 Å². The second-order valence-corrected chi connectivity index (χ2v) is 12.2. The van der Waals surface area contributed by atoms with E-state index in [4.69, 9.17) is 0 Å². The number of benzene rings is 1. The molecule has 3 aromatic rings. The fraction of sp³-hybridized carbons (Fsp3) is 0.621. The number of nitrogens with one attached hydrogen (secondary N) is 1. The van der Waals surface area contributed by atoms with Crippen LogP contribution in [0.1, 0.15) is 82.4 Å². The minimum atomic E-state index is -0.749. The van der Waals surface area contributed by atoms with Gasteiger partial charge in [-0.2, -0.15) is 9.78 Å².